The van der Waals surface area contributed by atoms with E-state index in [0.717, 1.165) is 11.1 Å². The van der Waals surface area contributed by atoms with Gasteiger partial charge in [0.25, 0.3) is 15.9 Å². The lowest BCUT2D eigenvalue weighted by atomic mass is 10.1. The lowest BCUT2D eigenvalue weighted by Crippen LogP contribution is -2.41. The number of hydrogen-bond acceptors (Lipinski definition) is 4. The van der Waals surface area contributed by atoms with E-state index >= 15 is 0 Å². The summed E-state index contributed by atoms with van der Waals surface area (Å²) in [6, 6.07) is 9.85. The molecule has 24 heavy (non-hydrogen) atoms. The molecule has 0 aromatic heterocycles. The van der Waals surface area contributed by atoms with Crippen molar-refractivity contribution in [3.05, 3.63) is 57.6 Å². The molecule has 0 unspecified atom stereocenters. The number of benzene rings is 2. The summed E-state index contributed by atoms with van der Waals surface area (Å²) >= 11 is 3.22. The summed E-state index contributed by atoms with van der Waals surface area (Å²) in [5.41, 5.74) is 4.39. The molecule has 0 aliphatic heterocycles. The first-order valence-corrected chi connectivity index (χ1v) is 9.25. The van der Waals surface area contributed by atoms with Crippen molar-refractivity contribution >= 4 is 31.9 Å². The van der Waals surface area contributed by atoms with Crippen molar-refractivity contribution in [2.45, 2.75) is 18.7 Å². The molecule has 0 atom stereocenters. The van der Waals surface area contributed by atoms with Crippen molar-refractivity contribution in [3.8, 4) is 5.75 Å². The Morgan fingerprint density at radius 1 is 1.12 bits per heavy atom. The van der Waals surface area contributed by atoms with Crippen LogP contribution in [0.1, 0.15) is 21.5 Å². The Bertz CT molecular complexity index is 882. The fourth-order valence-electron chi connectivity index (χ4n) is 2.16. The van der Waals surface area contributed by atoms with Gasteiger partial charge in [0.2, 0.25) is 0 Å². The zero-order chi connectivity index (χ0) is 17.9. The van der Waals surface area contributed by atoms with Gasteiger partial charge in [0.05, 0.1) is 7.11 Å². The Morgan fingerprint density at radius 3 is 2.46 bits per heavy atom. The molecule has 2 rings (SSSR count). The Morgan fingerprint density at radius 2 is 1.83 bits per heavy atom. The van der Waals surface area contributed by atoms with E-state index < -0.39 is 15.9 Å². The molecular weight excluding hydrogens is 396 g/mol. The maximum atomic E-state index is 12.4. The average molecular weight is 413 g/mol. The van der Waals surface area contributed by atoms with Crippen molar-refractivity contribution in [3.63, 3.8) is 0 Å². The molecule has 0 aliphatic carbocycles. The minimum atomic E-state index is -3.99. The highest BCUT2D eigenvalue weighted by molar-refractivity contribution is 9.10. The third-order valence-electron chi connectivity index (χ3n) is 3.34. The van der Waals surface area contributed by atoms with Gasteiger partial charge in [-0.05, 0) is 43.7 Å². The summed E-state index contributed by atoms with van der Waals surface area (Å²) in [7, 11) is -2.62. The largest absolute Gasteiger partial charge is 0.495 e. The summed E-state index contributed by atoms with van der Waals surface area (Å²) in [6.07, 6.45) is 0. The van der Waals surface area contributed by atoms with Gasteiger partial charge in [0.1, 0.15) is 10.6 Å². The molecule has 0 spiro atoms. The van der Waals surface area contributed by atoms with E-state index in [9.17, 15) is 13.2 Å². The van der Waals surface area contributed by atoms with Crippen LogP contribution >= 0.6 is 15.9 Å². The molecule has 0 fully saturated rings. The number of ether oxygens (including phenoxy) is 1. The predicted molar refractivity (Wildman–Crippen MR) is 94.4 cm³/mol. The number of halogens is 1. The standard InChI is InChI=1S/C16H17BrN2O4S/c1-10-4-6-13(11(2)8-10)16(20)18-19-24(21,22)15-9-12(17)5-7-14(15)23-3/h4-9,19H,1-3H3,(H,18,20). The van der Waals surface area contributed by atoms with Gasteiger partial charge < -0.3 is 4.74 Å². The Hall–Kier alpha value is -1.90. The van der Waals surface area contributed by atoms with Crippen molar-refractivity contribution in [2.24, 2.45) is 0 Å². The highest BCUT2D eigenvalue weighted by atomic mass is 79.9. The average Bonchev–Trinajstić information content (AvgIpc) is 2.52. The second kappa shape index (κ2) is 7.33. The maximum absolute atomic E-state index is 12.4. The highest BCUT2D eigenvalue weighted by Crippen LogP contribution is 2.26. The normalized spacial score (nSPS) is 11.2. The molecule has 0 heterocycles. The minimum absolute atomic E-state index is 0.0831. The number of rotatable bonds is 5. The molecule has 1 amide bonds. The van der Waals surface area contributed by atoms with Gasteiger partial charge in [0, 0.05) is 10.0 Å². The van der Waals surface area contributed by atoms with Crippen LogP contribution in [0.4, 0.5) is 0 Å². The van der Waals surface area contributed by atoms with Crippen LogP contribution in [-0.4, -0.2) is 21.4 Å². The lowest BCUT2D eigenvalue weighted by molar-refractivity contribution is 0.0944. The zero-order valence-electron chi connectivity index (χ0n) is 13.4. The molecule has 2 N–H and O–H groups in total. The van der Waals surface area contributed by atoms with Gasteiger partial charge in [-0.2, -0.15) is 0 Å². The fourth-order valence-corrected chi connectivity index (χ4v) is 3.71. The third-order valence-corrected chi connectivity index (χ3v) is 5.10. The Labute approximate surface area is 149 Å². The van der Waals surface area contributed by atoms with E-state index in [1.165, 1.54) is 19.2 Å². The second-order valence-electron chi connectivity index (χ2n) is 5.17. The predicted octanol–water partition coefficient (Wildman–Crippen LogP) is 2.70. The van der Waals surface area contributed by atoms with Crippen LogP contribution in [0.15, 0.2) is 45.8 Å². The van der Waals surface area contributed by atoms with Crippen molar-refractivity contribution in [1.82, 2.24) is 10.3 Å². The monoisotopic (exact) mass is 412 g/mol. The van der Waals surface area contributed by atoms with Crippen LogP contribution in [0.5, 0.6) is 5.75 Å². The van der Waals surface area contributed by atoms with E-state index in [1.54, 1.807) is 25.1 Å². The van der Waals surface area contributed by atoms with Gasteiger partial charge in [0.15, 0.2) is 0 Å². The molecule has 128 valence electrons. The third kappa shape index (κ3) is 4.14. The number of amides is 1. The van der Waals surface area contributed by atoms with Crippen molar-refractivity contribution in [1.29, 1.82) is 0 Å². The first-order valence-electron chi connectivity index (χ1n) is 6.97. The molecule has 0 bridgehead atoms. The topological polar surface area (TPSA) is 84.5 Å². The molecule has 0 saturated heterocycles. The summed E-state index contributed by atoms with van der Waals surface area (Å²) in [6.45, 7) is 3.70. The maximum Gasteiger partial charge on any atom is 0.266 e. The number of methoxy groups -OCH3 is 1. The molecule has 0 aliphatic rings. The van der Waals surface area contributed by atoms with Crippen LogP contribution in [0, 0.1) is 13.8 Å². The summed E-state index contributed by atoms with van der Waals surface area (Å²) in [4.78, 5) is 14.2. The minimum Gasteiger partial charge on any atom is -0.495 e. The van der Waals surface area contributed by atoms with Crippen LogP contribution in [-0.2, 0) is 10.0 Å². The summed E-state index contributed by atoms with van der Waals surface area (Å²) < 4.78 is 30.5. The van der Waals surface area contributed by atoms with E-state index in [2.05, 4.69) is 26.2 Å². The van der Waals surface area contributed by atoms with Crippen LogP contribution < -0.4 is 15.0 Å². The molecular formula is C16H17BrN2O4S. The SMILES string of the molecule is COc1ccc(Br)cc1S(=O)(=O)NNC(=O)c1ccc(C)cc1C. The van der Waals surface area contributed by atoms with Crippen LogP contribution in [0.3, 0.4) is 0 Å². The van der Waals surface area contributed by atoms with E-state index in [1.807, 2.05) is 13.0 Å². The quantitative estimate of drug-likeness (QED) is 0.739. The molecule has 0 saturated carbocycles. The fraction of sp³-hybridized carbons (Fsp3) is 0.188. The smallest absolute Gasteiger partial charge is 0.266 e. The number of carbonyl (C=O) groups excluding carboxylic acids is 1. The first kappa shape index (κ1) is 18.4. The molecule has 6 nitrogen and oxygen atoms in total. The van der Waals surface area contributed by atoms with Gasteiger partial charge in [-0.3, -0.25) is 10.2 Å². The molecule has 2 aromatic rings. The summed E-state index contributed by atoms with van der Waals surface area (Å²) in [5.74, 6) is -0.364. The highest BCUT2D eigenvalue weighted by Gasteiger charge is 2.21. The number of nitrogens with one attached hydrogen (secondary N) is 2. The van der Waals surface area contributed by atoms with Gasteiger partial charge in [-0.15, -0.1) is 4.83 Å². The Balaban J connectivity index is 2.21. The number of aryl methyl sites for hydroxylation is 2. The Kier molecular flexibility index (Phi) is 5.63. The van der Waals surface area contributed by atoms with E-state index in [-0.39, 0.29) is 10.6 Å². The number of sulfonamides is 1. The second-order valence-corrected chi connectivity index (χ2v) is 7.74. The number of hydrogen-bond donors (Lipinski definition) is 2. The van der Waals surface area contributed by atoms with Gasteiger partial charge in [-0.1, -0.05) is 33.6 Å². The van der Waals surface area contributed by atoms with Crippen molar-refractivity contribution < 1.29 is 17.9 Å². The van der Waals surface area contributed by atoms with E-state index in [4.69, 9.17) is 4.74 Å². The van der Waals surface area contributed by atoms with E-state index in [0.29, 0.717) is 10.0 Å². The summed E-state index contributed by atoms with van der Waals surface area (Å²) in [5, 5.41) is 0. The molecule has 2 aromatic carbocycles. The van der Waals surface area contributed by atoms with Gasteiger partial charge >= 0.3 is 0 Å². The first-order chi connectivity index (χ1) is 11.2. The number of hydrazine groups is 1. The van der Waals surface area contributed by atoms with Crippen LogP contribution in [0.2, 0.25) is 0 Å². The lowest BCUT2D eigenvalue weighted by Gasteiger charge is -2.13. The molecule has 8 heteroatoms. The number of carbonyl (C=O) groups is 1. The molecule has 0 radical (unpaired) electrons. The van der Waals surface area contributed by atoms with Crippen LogP contribution in [0.25, 0.3) is 0 Å². The van der Waals surface area contributed by atoms with Crippen molar-refractivity contribution in [2.75, 3.05) is 7.11 Å². The van der Waals surface area contributed by atoms with Gasteiger partial charge in [-0.25, -0.2) is 8.42 Å². The zero-order valence-corrected chi connectivity index (χ0v) is 15.8.